The van der Waals surface area contributed by atoms with Crippen LogP contribution in [0, 0.1) is 15.4 Å². The number of imide groups is 1. The lowest BCUT2D eigenvalue weighted by Crippen LogP contribution is -2.52. The van der Waals surface area contributed by atoms with E-state index in [0.29, 0.717) is 5.56 Å². The molecule has 4 aliphatic rings. The fourth-order valence-corrected chi connectivity index (χ4v) is 6.55. The van der Waals surface area contributed by atoms with Crippen molar-refractivity contribution in [2.45, 2.75) is 49.9 Å². The smallest absolute Gasteiger partial charge is 0.237 e. The van der Waals surface area contributed by atoms with E-state index in [4.69, 9.17) is 4.74 Å². The summed E-state index contributed by atoms with van der Waals surface area (Å²) in [6.07, 6.45) is 3.71. The average Bonchev–Trinajstić information content (AvgIpc) is 3.40. The summed E-state index contributed by atoms with van der Waals surface area (Å²) in [5.41, 5.74) is -0.745. The van der Waals surface area contributed by atoms with E-state index in [9.17, 15) is 19.2 Å². The zero-order valence-corrected chi connectivity index (χ0v) is 20.0. The van der Waals surface area contributed by atoms with E-state index in [-0.39, 0.29) is 23.1 Å². The Bertz CT molecular complexity index is 1160. The average molecular weight is 555 g/mol. The summed E-state index contributed by atoms with van der Waals surface area (Å²) in [6, 6.07) is 13.9. The Kier molecular flexibility index (Phi) is 4.85. The van der Waals surface area contributed by atoms with Crippen LogP contribution in [0.3, 0.4) is 0 Å². The van der Waals surface area contributed by atoms with Crippen molar-refractivity contribution < 1.29 is 23.9 Å². The number of hydrogen-bond acceptors (Lipinski definition) is 5. The number of amides is 2. The molecule has 2 aliphatic carbocycles. The van der Waals surface area contributed by atoms with Gasteiger partial charge in [0.25, 0.3) is 0 Å². The van der Waals surface area contributed by atoms with Crippen molar-refractivity contribution in [2.75, 3.05) is 0 Å². The molecule has 0 radical (unpaired) electrons. The highest BCUT2D eigenvalue weighted by atomic mass is 127. The van der Waals surface area contributed by atoms with Crippen molar-refractivity contribution in [1.29, 1.82) is 0 Å². The molecule has 7 heteroatoms. The first-order valence-corrected chi connectivity index (χ1v) is 12.5. The molecule has 1 saturated carbocycles. The minimum atomic E-state index is -1.97. The Morgan fingerprint density at radius 3 is 2.03 bits per heavy atom. The molecule has 2 aromatic carbocycles. The maximum Gasteiger partial charge on any atom is 0.237 e. The van der Waals surface area contributed by atoms with Gasteiger partial charge in [-0.15, -0.1) is 0 Å². The summed E-state index contributed by atoms with van der Waals surface area (Å²) in [4.78, 5) is 56.4. The highest BCUT2D eigenvalue weighted by Crippen LogP contribution is 2.57. The molecule has 0 aromatic heterocycles. The highest BCUT2D eigenvalue weighted by molar-refractivity contribution is 14.1. The number of benzene rings is 2. The zero-order chi connectivity index (χ0) is 22.9. The molecule has 3 fully saturated rings. The zero-order valence-electron chi connectivity index (χ0n) is 17.8. The van der Waals surface area contributed by atoms with Gasteiger partial charge in [0, 0.05) is 20.7 Å². The molecule has 0 bridgehead atoms. The summed E-state index contributed by atoms with van der Waals surface area (Å²) >= 11 is 2.19. The maximum atomic E-state index is 13.9. The van der Waals surface area contributed by atoms with Crippen molar-refractivity contribution in [1.82, 2.24) is 4.90 Å². The molecule has 33 heavy (non-hydrogen) atoms. The normalized spacial score (nSPS) is 28.6. The number of ketones is 2. The molecular formula is C26H22INO5. The van der Waals surface area contributed by atoms with E-state index in [1.165, 1.54) is 4.90 Å². The van der Waals surface area contributed by atoms with Gasteiger partial charge in [-0.05, 0) is 53.1 Å². The number of likely N-dealkylation sites (tertiary alicyclic amines) is 1. The van der Waals surface area contributed by atoms with Crippen molar-refractivity contribution >= 4 is 46.0 Å². The predicted molar refractivity (Wildman–Crippen MR) is 127 cm³/mol. The summed E-state index contributed by atoms with van der Waals surface area (Å²) in [5, 5.41) is 0. The number of ether oxygens (including phenoxy) is 1. The highest BCUT2D eigenvalue weighted by Gasteiger charge is 2.75. The predicted octanol–water partition coefficient (Wildman–Crippen LogP) is 4.11. The van der Waals surface area contributed by atoms with Gasteiger partial charge in [-0.1, -0.05) is 55.7 Å². The van der Waals surface area contributed by atoms with E-state index in [1.807, 2.05) is 24.3 Å². The van der Waals surface area contributed by atoms with Crippen molar-refractivity contribution in [3.05, 3.63) is 68.8 Å². The van der Waals surface area contributed by atoms with Crippen LogP contribution in [0.4, 0.5) is 0 Å². The van der Waals surface area contributed by atoms with Crippen LogP contribution < -0.4 is 0 Å². The van der Waals surface area contributed by atoms with Crippen molar-refractivity contribution in [2.24, 2.45) is 11.8 Å². The second-order valence-corrected chi connectivity index (χ2v) is 10.6. The van der Waals surface area contributed by atoms with Gasteiger partial charge in [0.1, 0.15) is 0 Å². The van der Waals surface area contributed by atoms with E-state index in [2.05, 4.69) is 22.6 Å². The van der Waals surface area contributed by atoms with Crippen LogP contribution in [-0.2, 0) is 14.3 Å². The second kappa shape index (κ2) is 7.56. The van der Waals surface area contributed by atoms with Gasteiger partial charge in [0.05, 0.1) is 17.9 Å². The van der Waals surface area contributed by atoms with Crippen LogP contribution in [-0.4, -0.2) is 39.9 Å². The number of rotatable bonds is 2. The largest absolute Gasteiger partial charge is 0.349 e. The Morgan fingerprint density at radius 2 is 1.42 bits per heavy atom. The maximum absolute atomic E-state index is 13.9. The first-order chi connectivity index (χ1) is 15.9. The molecule has 0 unspecified atom stereocenters. The van der Waals surface area contributed by atoms with E-state index >= 15 is 0 Å². The van der Waals surface area contributed by atoms with E-state index in [0.717, 1.165) is 35.7 Å². The van der Waals surface area contributed by atoms with E-state index < -0.39 is 41.0 Å². The first-order valence-electron chi connectivity index (χ1n) is 11.4. The van der Waals surface area contributed by atoms with Gasteiger partial charge in [0.15, 0.2) is 0 Å². The van der Waals surface area contributed by atoms with Gasteiger partial charge < -0.3 is 4.74 Å². The summed E-state index contributed by atoms with van der Waals surface area (Å²) in [6.45, 7) is 0. The van der Waals surface area contributed by atoms with Crippen LogP contribution >= 0.6 is 22.6 Å². The molecular weight excluding hydrogens is 533 g/mol. The molecule has 6 rings (SSSR count). The minimum absolute atomic E-state index is 0.173. The van der Waals surface area contributed by atoms with Crippen molar-refractivity contribution in [3.8, 4) is 0 Å². The number of carbonyl (C=O) groups excluding carboxylic acids is 4. The second-order valence-electron chi connectivity index (χ2n) is 9.37. The lowest BCUT2D eigenvalue weighted by atomic mass is 9.77. The summed E-state index contributed by atoms with van der Waals surface area (Å²) < 4.78 is 7.33. The number of nitrogens with zero attached hydrogens (tertiary/aromatic N) is 1. The van der Waals surface area contributed by atoms with Crippen molar-refractivity contribution in [3.63, 3.8) is 0 Å². The molecule has 2 aliphatic heterocycles. The molecule has 2 amide bonds. The number of Topliss-reactive ketones (excluding diaryl/α,β-unsaturated/α-hetero) is 2. The molecule has 1 spiro atoms. The number of fused-ring (bicyclic) bond motifs is 3. The Morgan fingerprint density at radius 1 is 0.818 bits per heavy atom. The molecule has 0 N–H and O–H groups in total. The Labute approximate surface area is 204 Å². The lowest BCUT2D eigenvalue weighted by Gasteiger charge is -2.33. The van der Waals surface area contributed by atoms with Crippen LogP contribution in [0.25, 0.3) is 0 Å². The molecule has 2 aromatic rings. The fourth-order valence-electron chi connectivity index (χ4n) is 6.19. The SMILES string of the molecule is O=C1[C@@H]2[C@@H](c3ccc(I)cc3)OC3(C(=O)c4ccccc4C3=O)[C@@H]2C(=O)N1C1CCCCC1. The Balaban J connectivity index is 1.50. The monoisotopic (exact) mass is 555 g/mol. The van der Waals surface area contributed by atoms with Gasteiger partial charge >= 0.3 is 0 Å². The first kappa shape index (κ1) is 21.2. The van der Waals surface area contributed by atoms with Crippen LogP contribution in [0.1, 0.15) is 64.5 Å². The van der Waals surface area contributed by atoms with Gasteiger partial charge in [-0.2, -0.15) is 0 Å². The number of carbonyl (C=O) groups is 4. The van der Waals surface area contributed by atoms with Crippen LogP contribution in [0.15, 0.2) is 48.5 Å². The number of halogens is 1. The summed E-state index contributed by atoms with van der Waals surface area (Å²) in [5.74, 6) is -3.77. The van der Waals surface area contributed by atoms with Crippen LogP contribution in [0.2, 0.25) is 0 Å². The third-order valence-electron chi connectivity index (χ3n) is 7.69. The quantitative estimate of drug-likeness (QED) is 0.317. The van der Waals surface area contributed by atoms with Crippen LogP contribution in [0.5, 0.6) is 0 Å². The third-order valence-corrected chi connectivity index (χ3v) is 8.41. The third kappa shape index (κ3) is 2.81. The number of hydrogen-bond donors (Lipinski definition) is 0. The minimum Gasteiger partial charge on any atom is -0.349 e. The van der Waals surface area contributed by atoms with Gasteiger partial charge in [-0.3, -0.25) is 24.1 Å². The molecule has 2 saturated heterocycles. The molecule has 3 atom stereocenters. The Hall–Kier alpha value is -2.39. The topological polar surface area (TPSA) is 80.8 Å². The fraction of sp³-hybridized carbons (Fsp3) is 0.385. The van der Waals surface area contributed by atoms with E-state index in [1.54, 1.807) is 24.3 Å². The standard InChI is InChI=1S/C26H22INO5/c27-15-12-10-14(11-13-15)21-19-20(25(32)28(24(19)31)16-6-2-1-3-7-16)26(33-21)22(29)17-8-4-5-9-18(17)23(26)30/h4-5,8-13,16,19-21H,1-3,6-7H2/t19-,20-,21+/m0/s1. The van der Waals surface area contributed by atoms with Gasteiger partial charge in [-0.25, -0.2) is 0 Å². The molecule has 6 nitrogen and oxygen atoms in total. The lowest BCUT2D eigenvalue weighted by molar-refractivity contribution is -0.148. The van der Waals surface area contributed by atoms with Gasteiger partial charge in [0.2, 0.25) is 29.0 Å². The molecule has 168 valence electrons. The molecule has 2 heterocycles. The summed E-state index contributed by atoms with van der Waals surface area (Å²) in [7, 11) is 0.